The van der Waals surface area contributed by atoms with Crippen LogP contribution in [0.5, 0.6) is 11.5 Å². The minimum absolute atomic E-state index is 0.0396. The van der Waals surface area contributed by atoms with E-state index in [1.165, 1.54) is 12.1 Å². The molecule has 3 aromatic carbocycles. The molecule has 3 aromatic rings. The summed E-state index contributed by atoms with van der Waals surface area (Å²) in [5.74, 6) is -1.57. The fraction of sp³-hybridized carbons (Fsp3) is 0.351. The number of alkyl halides is 3. The molecule has 0 aromatic heterocycles. The van der Waals surface area contributed by atoms with Gasteiger partial charge in [0, 0.05) is 64.5 Å². The summed E-state index contributed by atoms with van der Waals surface area (Å²) in [5.41, 5.74) is 0.957. The monoisotopic (exact) mass is 678 g/mol. The van der Waals surface area contributed by atoms with E-state index >= 15 is 0 Å². The molecule has 6 rings (SSSR count). The van der Waals surface area contributed by atoms with E-state index in [4.69, 9.17) is 16.3 Å². The van der Waals surface area contributed by atoms with Crippen LogP contribution in [-0.4, -0.2) is 21.4 Å². The number of hydrogen-bond acceptors (Lipinski definition) is 6. The fourth-order valence-electron chi connectivity index (χ4n) is 7.19. The zero-order chi connectivity index (χ0) is 34.8. The van der Waals surface area contributed by atoms with Gasteiger partial charge in [-0.1, -0.05) is 69.6 Å². The quantitative estimate of drug-likeness (QED) is 0.190. The second kappa shape index (κ2) is 11.9. The predicted molar refractivity (Wildman–Crippen MR) is 174 cm³/mol. The Labute approximate surface area is 281 Å². The number of hydrogen-bond donors (Lipinski definition) is 0. The lowest BCUT2D eigenvalue weighted by Crippen LogP contribution is -2.44. The van der Waals surface area contributed by atoms with Gasteiger partial charge in [0.15, 0.2) is 11.6 Å². The summed E-state index contributed by atoms with van der Waals surface area (Å²) < 4.78 is 46.4. The van der Waals surface area contributed by atoms with Gasteiger partial charge < -0.3 is 9.64 Å². The van der Waals surface area contributed by atoms with Crippen LogP contribution in [0.15, 0.2) is 89.3 Å². The number of ketones is 2. The SMILES string of the molecule is CC1(C)CC(=O)C2=C(C1)N(Cc1ccccc1)C1=C(C(=O)CC(C)(C)C1)C2c1cc(Cl)ccc1Oc1ccc(C(F)(F)F)cc1[N+](=O)[O-]. The first-order chi connectivity index (χ1) is 22.4. The Kier molecular flexibility index (Phi) is 8.30. The smallest absolute Gasteiger partial charge is 0.416 e. The highest BCUT2D eigenvalue weighted by atomic mass is 35.5. The van der Waals surface area contributed by atoms with Gasteiger partial charge in [-0.25, -0.2) is 0 Å². The number of allylic oxidation sites excluding steroid dienone is 4. The molecule has 2 aliphatic carbocycles. The number of carbonyl (C=O) groups excluding carboxylic acids is 2. The fourth-order valence-corrected chi connectivity index (χ4v) is 7.38. The summed E-state index contributed by atoms with van der Waals surface area (Å²) in [5, 5.41) is 12.2. The molecule has 0 radical (unpaired) electrons. The average Bonchev–Trinajstić information content (AvgIpc) is 2.97. The molecule has 250 valence electrons. The van der Waals surface area contributed by atoms with Crippen LogP contribution in [0.25, 0.3) is 0 Å². The summed E-state index contributed by atoms with van der Waals surface area (Å²) in [7, 11) is 0. The lowest BCUT2D eigenvalue weighted by Gasteiger charge is -2.49. The Morgan fingerprint density at radius 2 is 1.42 bits per heavy atom. The van der Waals surface area contributed by atoms with Gasteiger partial charge in [0.05, 0.1) is 10.5 Å². The normalized spacial score (nSPS) is 19.3. The van der Waals surface area contributed by atoms with Gasteiger partial charge in [0.2, 0.25) is 5.75 Å². The van der Waals surface area contributed by atoms with Crippen molar-refractivity contribution in [2.24, 2.45) is 10.8 Å². The van der Waals surface area contributed by atoms with E-state index in [1.807, 2.05) is 58.0 Å². The van der Waals surface area contributed by atoms with Crippen molar-refractivity contribution < 1.29 is 32.4 Å². The molecule has 1 aliphatic heterocycles. The molecule has 0 N–H and O–H groups in total. The minimum atomic E-state index is -4.81. The average molecular weight is 679 g/mol. The lowest BCUT2D eigenvalue weighted by molar-refractivity contribution is -0.385. The number of halogens is 4. The van der Waals surface area contributed by atoms with Gasteiger partial charge in [0.25, 0.3) is 0 Å². The van der Waals surface area contributed by atoms with Crippen LogP contribution in [-0.2, 0) is 22.3 Å². The predicted octanol–water partition coefficient (Wildman–Crippen LogP) is 9.95. The number of carbonyl (C=O) groups is 2. The maximum atomic E-state index is 14.3. The zero-order valence-corrected chi connectivity index (χ0v) is 27.7. The Balaban J connectivity index is 1.58. The summed E-state index contributed by atoms with van der Waals surface area (Å²) in [4.78, 5) is 41.7. The zero-order valence-electron chi connectivity index (χ0n) is 26.9. The molecule has 0 bridgehead atoms. The van der Waals surface area contributed by atoms with Gasteiger partial charge in [-0.15, -0.1) is 0 Å². The highest BCUT2D eigenvalue weighted by molar-refractivity contribution is 6.30. The van der Waals surface area contributed by atoms with E-state index in [0.29, 0.717) is 48.2 Å². The highest BCUT2D eigenvalue weighted by Gasteiger charge is 2.49. The molecule has 0 atom stereocenters. The number of nitro benzene ring substituents is 1. The van der Waals surface area contributed by atoms with E-state index < -0.39 is 34.0 Å². The van der Waals surface area contributed by atoms with Crippen molar-refractivity contribution >= 4 is 28.9 Å². The van der Waals surface area contributed by atoms with Crippen LogP contribution < -0.4 is 4.74 Å². The van der Waals surface area contributed by atoms with E-state index in [0.717, 1.165) is 23.0 Å². The maximum Gasteiger partial charge on any atom is 0.416 e. The Bertz CT molecular complexity index is 1860. The van der Waals surface area contributed by atoms with Crippen molar-refractivity contribution in [2.45, 2.75) is 72.0 Å². The van der Waals surface area contributed by atoms with Crippen LogP contribution in [0.3, 0.4) is 0 Å². The highest BCUT2D eigenvalue weighted by Crippen LogP contribution is 2.56. The molecule has 0 unspecified atom stereocenters. The summed E-state index contributed by atoms with van der Waals surface area (Å²) in [6.45, 7) is 8.56. The molecule has 11 heteroatoms. The van der Waals surface area contributed by atoms with Crippen LogP contribution in [0.2, 0.25) is 5.02 Å². The van der Waals surface area contributed by atoms with Gasteiger partial charge in [-0.2, -0.15) is 13.2 Å². The third kappa shape index (κ3) is 6.38. The summed E-state index contributed by atoms with van der Waals surface area (Å²) in [6, 6.07) is 16.4. The molecule has 1 heterocycles. The third-order valence-corrected chi connectivity index (χ3v) is 9.43. The molecule has 0 saturated heterocycles. The lowest BCUT2D eigenvalue weighted by atomic mass is 9.63. The number of ether oxygens (including phenoxy) is 1. The molecular weight excluding hydrogens is 645 g/mol. The second-order valence-corrected chi connectivity index (χ2v) is 14.8. The molecule has 0 spiro atoms. The summed E-state index contributed by atoms with van der Waals surface area (Å²) in [6.07, 6.45) is -3.26. The first kappa shape index (κ1) is 33.5. The van der Waals surface area contributed by atoms with Crippen molar-refractivity contribution in [3.05, 3.63) is 121 Å². The van der Waals surface area contributed by atoms with E-state index in [-0.39, 0.29) is 46.0 Å². The van der Waals surface area contributed by atoms with Crippen LogP contribution in [0, 0.1) is 20.9 Å². The topological polar surface area (TPSA) is 89.8 Å². The first-order valence-electron chi connectivity index (χ1n) is 15.6. The van der Waals surface area contributed by atoms with E-state index in [2.05, 4.69) is 4.90 Å². The Morgan fingerprint density at radius 3 is 1.96 bits per heavy atom. The van der Waals surface area contributed by atoms with Crippen molar-refractivity contribution in [1.82, 2.24) is 4.90 Å². The number of nitrogens with zero attached hydrogens (tertiary/aromatic N) is 2. The third-order valence-electron chi connectivity index (χ3n) is 9.19. The molecule has 3 aliphatic rings. The van der Waals surface area contributed by atoms with Crippen molar-refractivity contribution in [3.63, 3.8) is 0 Å². The minimum Gasteiger partial charge on any atom is -0.450 e. The number of benzene rings is 3. The van der Waals surface area contributed by atoms with Gasteiger partial charge in [0.1, 0.15) is 5.75 Å². The molecule has 0 saturated carbocycles. The number of nitro groups is 1. The number of rotatable bonds is 6. The van der Waals surface area contributed by atoms with Crippen LogP contribution >= 0.6 is 11.6 Å². The summed E-state index contributed by atoms with van der Waals surface area (Å²) >= 11 is 6.54. The molecule has 48 heavy (non-hydrogen) atoms. The van der Waals surface area contributed by atoms with Gasteiger partial charge in [-0.3, -0.25) is 19.7 Å². The second-order valence-electron chi connectivity index (χ2n) is 14.3. The van der Waals surface area contributed by atoms with E-state index in [9.17, 15) is 32.9 Å². The standard InChI is InChI=1S/C37H34ClF3N2O5/c1-35(2)16-26-33(28(44)18-35)32(34-27(17-36(3,4)19-29(34)45)42(26)20-21-8-6-5-7-9-21)24-15-23(38)11-13-30(24)48-31-12-10-22(37(39,40)41)14-25(31)43(46)47/h5-15,32H,16-20H2,1-4H3. The maximum absolute atomic E-state index is 14.3. The molecule has 0 fully saturated rings. The van der Waals surface area contributed by atoms with Crippen molar-refractivity contribution in [1.29, 1.82) is 0 Å². The van der Waals surface area contributed by atoms with Gasteiger partial charge >= 0.3 is 11.9 Å². The van der Waals surface area contributed by atoms with Crippen LogP contribution in [0.1, 0.15) is 76.0 Å². The molecule has 0 amide bonds. The van der Waals surface area contributed by atoms with E-state index in [1.54, 1.807) is 6.07 Å². The van der Waals surface area contributed by atoms with Crippen molar-refractivity contribution in [3.8, 4) is 11.5 Å². The van der Waals surface area contributed by atoms with Gasteiger partial charge in [-0.05, 0) is 59.6 Å². The molecule has 7 nitrogen and oxygen atoms in total. The largest absolute Gasteiger partial charge is 0.450 e. The first-order valence-corrected chi connectivity index (χ1v) is 16.0. The van der Waals surface area contributed by atoms with Crippen molar-refractivity contribution in [2.75, 3.05) is 0 Å². The van der Waals surface area contributed by atoms with Crippen LogP contribution in [0.4, 0.5) is 18.9 Å². The Hall–Kier alpha value is -4.44. The Morgan fingerprint density at radius 1 is 0.854 bits per heavy atom. The molecular formula is C37H34ClF3N2O5. The number of Topliss-reactive ketones (excluding diaryl/α,β-unsaturated/α-hetero) is 2.